The van der Waals surface area contributed by atoms with Crippen molar-refractivity contribution in [1.82, 2.24) is 19.5 Å². The van der Waals surface area contributed by atoms with Crippen LogP contribution in [0.2, 0.25) is 0 Å². The Bertz CT molecular complexity index is 2960. The van der Waals surface area contributed by atoms with Gasteiger partial charge < -0.3 is 4.57 Å². The molecule has 0 amide bonds. The molecule has 0 N–H and O–H groups in total. The van der Waals surface area contributed by atoms with E-state index >= 15 is 0 Å². The Labute approximate surface area is 294 Å². The van der Waals surface area contributed by atoms with Gasteiger partial charge in [-0.25, -0.2) is 15.0 Å². The van der Waals surface area contributed by atoms with Crippen LogP contribution in [0, 0.1) is 0 Å². The van der Waals surface area contributed by atoms with Gasteiger partial charge in [0.2, 0.25) is 0 Å². The van der Waals surface area contributed by atoms with E-state index in [-0.39, 0.29) is 0 Å². The topological polar surface area (TPSA) is 43.6 Å². The molecule has 236 valence electrons. The Kier molecular flexibility index (Phi) is 5.92. The third kappa shape index (κ3) is 4.17. The molecule has 0 unspecified atom stereocenters. The SMILES string of the molecule is c1ccc2c(c1)-c1cccc3c(-c4nc(-c5ccc6ccccc6c5)nc(-c5ccccc5-n5c6ccccc6c6ccccc65)n4)ccc-2c13. The van der Waals surface area contributed by atoms with E-state index in [0.29, 0.717) is 17.5 Å². The van der Waals surface area contributed by atoms with E-state index in [2.05, 4.69) is 174 Å². The highest BCUT2D eigenvalue weighted by atomic mass is 15.1. The molecular weight excluding hydrogens is 621 g/mol. The molecule has 8 aromatic carbocycles. The molecule has 0 spiro atoms. The van der Waals surface area contributed by atoms with E-state index in [1.54, 1.807) is 0 Å². The predicted molar refractivity (Wildman–Crippen MR) is 210 cm³/mol. The van der Waals surface area contributed by atoms with Gasteiger partial charge in [0.25, 0.3) is 0 Å². The van der Waals surface area contributed by atoms with Crippen molar-refractivity contribution in [1.29, 1.82) is 0 Å². The highest BCUT2D eigenvalue weighted by molar-refractivity contribution is 6.18. The maximum atomic E-state index is 5.34. The van der Waals surface area contributed by atoms with Gasteiger partial charge in [0.15, 0.2) is 17.5 Å². The fraction of sp³-hybridized carbons (Fsp3) is 0. The second kappa shape index (κ2) is 10.8. The highest BCUT2D eigenvalue weighted by Gasteiger charge is 2.24. The molecule has 2 aromatic heterocycles. The number of para-hydroxylation sites is 3. The third-order valence-corrected chi connectivity index (χ3v) is 10.4. The molecule has 0 atom stereocenters. The largest absolute Gasteiger partial charge is 0.309 e. The number of benzene rings is 8. The molecule has 0 aliphatic heterocycles. The van der Waals surface area contributed by atoms with Crippen LogP contribution in [-0.4, -0.2) is 19.5 Å². The van der Waals surface area contributed by atoms with E-state index in [0.717, 1.165) is 44.2 Å². The van der Waals surface area contributed by atoms with Crippen molar-refractivity contribution in [3.8, 4) is 62.1 Å². The second-order valence-corrected chi connectivity index (χ2v) is 13.2. The summed E-state index contributed by atoms with van der Waals surface area (Å²) < 4.78 is 2.34. The molecule has 0 bridgehead atoms. The number of nitrogens with zero attached hydrogens (tertiary/aromatic N) is 4. The molecular formula is C47H28N4. The van der Waals surface area contributed by atoms with Gasteiger partial charge in [-0.1, -0.05) is 133 Å². The summed E-state index contributed by atoms with van der Waals surface area (Å²) in [5, 5.41) is 7.14. The average molecular weight is 649 g/mol. The van der Waals surface area contributed by atoms with Gasteiger partial charge in [-0.2, -0.15) is 0 Å². The van der Waals surface area contributed by atoms with Gasteiger partial charge in [0, 0.05) is 27.5 Å². The van der Waals surface area contributed by atoms with Crippen LogP contribution in [0.4, 0.5) is 0 Å². The molecule has 1 aliphatic rings. The van der Waals surface area contributed by atoms with Gasteiger partial charge in [-0.05, 0) is 80.2 Å². The quantitative estimate of drug-likeness (QED) is 0.191. The summed E-state index contributed by atoms with van der Waals surface area (Å²) in [6, 6.07) is 60.2. The summed E-state index contributed by atoms with van der Waals surface area (Å²) in [5.41, 5.74) is 11.2. The maximum absolute atomic E-state index is 5.34. The van der Waals surface area contributed by atoms with E-state index in [4.69, 9.17) is 15.0 Å². The predicted octanol–water partition coefficient (Wildman–Crippen LogP) is 11.9. The zero-order valence-electron chi connectivity index (χ0n) is 27.5. The fourth-order valence-electron chi connectivity index (χ4n) is 8.12. The van der Waals surface area contributed by atoms with Crippen LogP contribution in [0.25, 0.3) is 105 Å². The number of hydrogen-bond acceptors (Lipinski definition) is 3. The molecule has 11 rings (SSSR count). The van der Waals surface area contributed by atoms with Crippen molar-refractivity contribution in [3.63, 3.8) is 0 Å². The van der Waals surface area contributed by atoms with Crippen molar-refractivity contribution in [2.24, 2.45) is 0 Å². The van der Waals surface area contributed by atoms with Gasteiger partial charge in [0.1, 0.15) is 0 Å². The first-order valence-electron chi connectivity index (χ1n) is 17.3. The minimum Gasteiger partial charge on any atom is -0.309 e. The molecule has 0 saturated heterocycles. The molecule has 0 radical (unpaired) electrons. The summed E-state index contributed by atoms with van der Waals surface area (Å²) in [7, 11) is 0. The molecule has 51 heavy (non-hydrogen) atoms. The number of aromatic nitrogens is 4. The zero-order chi connectivity index (χ0) is 33.5. The summed E-state index contributed by atoms with van der Waals surface area (Å²) >= 11 is 0. The van der Waals surface area contributed by atoms with E-state index in [1.165, 1.54) is 43.8 Å². The zero-order valence-corrected chi connectivity index (χ0v) is 27.5. The van der Waals surface area contributed by atoms with Gasteiger partial charge in [0.05, 0.1) is 16.7 Å². The van der Waals surface area contributed by atoms with Crippen LogP contribution >= 0.6 is 0 Å². The standard InChI is InChI=1S/C47H28N4/c1-2-13-30-28-31(25-24-29(30)12-1)45-48-46(39-27-26-38-33-15-4-3-14-32(33)36-19-11-20-37(39)44(36)38)50-47(49-45)40-18-7-10-23-43(40)51-41-21-8-5-16-34(41)35-17-6-9-22-42(35)51/h1-28H. The van der Waals surface area contributed by atoms with Crippen LogP contribution < -0.4 is 0 Å². The van der Waals surface area contributed by atoms with Crippen molar-refractivity contribution >= 4 is 43.4 Å². The fourth-order valence-corrected chi connectivity index (χ4v) is 8.12. The summed E-state index contributed by atoms with van der Waals surface area (Å²) in [6.07, 6.45) is 0. The molecule has 10 aromatic rings. The van der Waals surface area contributed by atoms with Crippen LogP contribution in [0.15, 0.2) is 170 Å². The lowest BCUT2D eigenvalue weighted by molar-refractivity contribution is 1.07. The minimum absolute atomic E-state index is 0.632. The van der Waals surface area contributed by atoms with Crippen molar-refractivity contribution < 1.29 is 0 Å². The monoisotopic (exact) mass is 648 g/mol. The molecule has 4 nitrogen and oxygen atoms in total. The summed E-state index contributed by atoms with van der Waals surface area (Å²) in [4.78, 5) is 15.8. The van der Waals surface area contributed by atoms with Crippen molar-refractivity contribution in [2.45, 2.75) is 0 Å². The molecule has 1 aliphatic carbocycles. The minimum atomic E-state index is 0.632. The van der Waals surface area contributed by atoms with Crippen molar-refractivity contribution in [3.05, 3.63) is 170 Å². The number of hydrogen-bond donors (Lipinski definition) is 0. The van der Waals surface area contributed by atoms with Gasteiger partial charge in [-0.3, -0.25) is 0 Å². The Morgan fingerprint density at radius 1 is 0.333 bits per heavy atom. The third-order valence-electron chi connectivity index (χ3n) is 10.4. The second-order valence-electron chi connectivity index (χ2n) is 13.2. The first-order chi connectivity index (χ1) is 25.3. The van der Waals surface area contributed by atoms with Crippen LogP contribution in [0.5, 0.6) is 0 Å². The van der Waals surface area contributed by atoms with E-state index < -0.39 is 0 Å². The molecule has 0 saturated carbocycles. The lowest BCUT2D eigenvalue weighted by Gasteiger charge is -2.15. The Hall–Kier alpha value is -6.91. The smallest absolute Gasteiger partial charge is 0.166 e. The van der Waals surface area contributed by atoms with Crippen LogP contribution in [-0.2, 0) is 0 Å². The molecule has 4 heteroatoms. The summed E-state index contributed by atoms with van der Waals surface area (Å²) in [6.45, 7) is 0. The first kappa shape index (κ1) is 28.0. The summed E-state index contributed by atoms with van der Waals surface area (Å²) in [5.74, 6) is 1.93. The van der Waals surface area contributed by atoms with E-state index in [1.807, 2.05) is 0 Å². The number of fused-ring (bicyclic) bond motifs is 7. The highest BCUT2D eigenvalue weighted by Crippen LogP contribution is 2.49. The normalized spacial score (nSPS) is 11.9. The lowest BCUT2D eigenvalue weighted by Crippen LogP contribution is -2.04. The molecule has 0 fully saturated rings. The molecule has 2 heterocycles. The van der Waals surface area contributed by atoms with Gasteiger partial charge in [-0.15, -0.1) is 0 Å². The Balaban J connectivity index is 1.19. The average Bonchev–Trinajstić information content (AvgIpc) is 3.71. The van der Waals surface area contributed by atoms with Gasteiger partial charge >= 0.3 is 0 Å². The maximum Gasteiger partial charge on any atom is 0.166 e. The van der Waals surface area contributed by atoms with Crippen LogP contribution in [0.1, 0.15) is 0 Å². The Morgan fingerprint density at radius 2 is 0.863 bits per heavy atom. The van der Waals surface area contributed by atoms with E-state index in [9.17, 15) is 0 Å². The van der Waals surface area contributed by atoms with Crippen LogP contribution in [0.3, 0.4) is 0 Å². The number of rotatable bonds is 4. The lowest BCUT2D eigenvalue weighted by atomic mass is 9.98. The van der Waals surface area contributed by atoms with Crippen molar-refractivity contribution in [2.75, 3.05) is 0 Å². The first-order valence-corrected chi connectivity index (χ1v) is 17.3. The Morgan fingerprint density at radius 3 is 1.63 bits per heavy atom.